The summed E-state index contributed by atoms with van der Waals surface area (Å²) in [7, 11) is 0. The van der Waals surface area contributed by atoms with E-state index in [0.29, 0.717) is 10.9 Å². The predicted octanol–water partition coefficient (Wildman–Crippen LogP) is 4.35. The normalized spacial score (nSPS) is 18.7. The molecule has 0 spiro atoms. The molecule has 1 aliphatic heterocycles. The van der Waals surface area contributed by atoms with Crippen molar-refractivity contribution in [2.24, 2.45) is 0 Å². The van der Waals surface area contributed by atoms with Gasteiger partial charge in [-0.15, -0.1) is 0 Å². The summed E-state index contributed by atoms with van der Waals surface area (Å²) >= 11 is 5.87. The van der Waals surface area contributed by atoms with Crippen LogP contribution in [0.5, 0.6) is 0 Å². The van der Waals surface area contributed by atoms with Crippen LogP contribution in [-0.2, 0) is 4.79 Å². The third-order valence-corrected chi connectivity index (χ3v) is 4.26. The van der Waals surface area contributed by atoms with Gasteiger partial charge in [0.15, 0.2) is 0 Å². The van der Waals surface area contributed by atoms with Crippen molar-refractivity contribution in [3.63, 3.8) is 0 Å². The molecule has 1 aromatic carbocycles. The van der Waals surface area contributed by atoms with Gasteiger partial charge in [0.25, 0.3) is 0 Å². The Morgan fingerprint density at radius 2 is 2.09 bits per heavy atom. The van der Waals surface area contributed by atoms with E-state index in [4.69, 9.17) is 16.0 Å². The first-order valence-corrected chi connectivity index (χ1v) is 7.78. The van der Waals surface area contributed by atoms with Crippen LogP contribution in [0.2, 0.25) is 5.02 Å². The largest absolute Gasteiger partial charge is 0.469 e. The van der Waals surface area contributed by atoms with Gasteiger partial charge in [0.1, 0.15) is 5.76 Å². The van der Waals surface area contributed by atoms with Crippen LogP contribution in [0.3, 0.4) is 0 Å². The van der Waals surface area contributed by atoms with E-state index in [1.165, 1.54) is 0 Å². The summed E-state index contributed by atoms with van der Waals surface area (Å²) in [6, 6.07) is 11.4. The lowest BCUT2D eigenvalue weighted by Gasteiger charge is -2.16. The van der Waals surface area contributed by atoms with Crippen LogP contribution in [0.25, 0.3) is 6.08 Å². The molecule has 1 amide bonds. The van der Waals surface area contributed by atoms with Crippen molar-refractivity contribution < 1.29 is 9.21 Å². The zero-order valence-electron chi connectivity index (χ0n) is 12.5. The fraction of sp³-hybridized carbons (Fsp3) is 0.278. The number of hydrogen-bond acceptors (Lipinski definition) is 2. The van der Waals surface area contributed by atoms with Gasteiger partial charge in [0, 0.05) is 29.6 Å². The van der Waals surface area contributed by atoms with Crippen LogP contribution < -0.4 is 0 Å². The number of hydrogen-bond donors (Lipinski definition) is 0. The lowest BCUT2D eigenvalue weighted by atomic mass is 10.1. The standard InChI is InChI=1S/C18H18ClNO2/c1-13(11-14-4-6-16(19)7-5-14)18(21)20-9-8-15(12-20)17-3-2-10-22-17/h2-7,10-11,15H,8-9,12H2,1H3/b13-11+. The summed E-state index contributed by atoms with van der Waals surface area (Å²) in [6.07, 6.45) is 4.54. The first-order valence-electron chi connectivity index (χ1n) is 7.40. The smallest absolute Gasteiger partial charge is 0.249 e. The van der Waals surface area contributed by atoms with Crippen molar-refractivity contribution in [2.45, 2.75) is 19.3 Å². The summed E-state index contributed by atoms with van der Waals surface area (Å²) in [5, 5.41) is 0.696. The minimum absolute atomic E-state index is 0.0870. The molecular formula is C18H18ClNO2. The van der Waals surface area contributed by atoms with Crippen LogP contribution in [0.15, 0.2) is 52.7 Å². The maximum atomic E-state index is 12.5. The molecule has 0 aliphatic carbocycles. The lowest BCUT2D eigenvalue weighted by molar-refractivity contribution is -0.126. The third-order valence-electron chi connectivity index (χ3n) is 4.01. The van der Waals surface area contributed by atoms with E-state index in [-0.39, 0.29) is 5.91 Å². The Kier molecular flexibility index (Phi) is 4.34. The molecule has 0 N–H and O–H groups in total. The highest BCUT2D eigenvalue weighted by molar-refractivity contribution is 6.30. The number of amides is 1. The number of rotatable bonds is 3. The minimum atomic E-state index is 0.0870. The Bertz CT molecular complexity index is 674. The van der Waals surface area contributed by atoms with Gasteiger partial charge in [-0.3, -0.25) is 4.79 Å². The fourth-order valence-electron chi connectivity index (χ4n) is 2.82. The van der Waals surface area contributed by atoms with Gasteiger partial charge in [-0.25, -0.2) is 0 Å². The molecule has 3 nitrogen and oxygen atoms in total. The van der Waals surface area contributed by atoms with Crippen molar-refractivity contribution in [3.05, 3.63) is 64.6 Å². The van der Waals surface area contributed by atoms with E-state index >= 15 is 0 Å². The van der Waals surface area contributed by atoms with Gasteiger partial charge < -0.3 is 9.32 Å². The lowest BCUT2D eigenvalue weighted by Crippen LogP contribution is -2.28. The summed E-state index contributed by atoms with van der Waals surface area (Å²) in [5.74, 6) is 1.36. The molecule has 2 aromatic rings. The van der Waals surface area contributed by atoms with Gasteiger partial charge in [-0.2, -0.15) is 0 Å². The highest BCUT2D eigenvalue weighted by Crippen LogP contribution is 2.28. The number of nitrogens with zero attached hydrogens (tertiary/aromatic N) is 1. The van der Waals surface area contributed by atoms with Crippen LogP contribution in [0, 0.1) is 0 Å². The second kappa shape index (κ2) is 6.41. The van der Waals surface area contributed by atoms with E-state index in [9.17, 15) is 4.79 Å². The molecule has 0 saturated carbocycles. The average Bonchev–Trinajstić information content (AvgIpc) is 3.19. The molecule has 1 aliphatic rings. The molecule has 1 fully saturated rings. The zero-order chi connectivity index (χ0) is 15.5. The molecule has 1 aromatic heterocycles. The van der Waals surface area contributed by atoms with Crippen molar-refractivity contribution in [2.75, 3.05) is 13.1 Å². The van der Waals surface area contributed by atoms with Crippen molar-refractivity contribution in [1.82, 2.24) is 4.90 Å². The zero-order valence-corrected chi connectivity index (χ0v) is 13.2. The Labute approximate surface area is 135 Å². The molecule has 0 bridgehead atoms. The summed E-state index contributed by atoms with van der Waals surface area (Å²) in [5.41, 5.74) is 1.72. The minimum Gasteiger partial charge on any atom is -0.469 e. The SMILES string of the molecule is C/C(=C\c1ccc(Cl)cc1)C(=O)N1CCC(c2ccco2)C1. The molecule has 0 radical (unpaired) electrons. The number of likely N-dealkylation sites (tertiary alicyclic amines) is 1. The third kappa shape index (κ3) is 3.25. The highest BCUT2D eigenvalue weighted by atomic mass is 35.5. The molecule has 22 heavy (non-hydrogen) atoms. The van der Waals surface area contributed by atoms with E-state index in [1.807, 2.05) is 54.3 Å². The average molecular weight is 316 g/mol. The molecule has 1 unspecified atom stereocenters. The summed E-state index contributed by atoms with van der Waals surface area (Å²) in [4.78, 5) is 14.4. The quantitative estimate of drug-likeness (QED) is 0.789. The van der Waals surface area contributed by atoms with E-state index < -0.39 is 0 Å². The molecule has 1 atom stereocenters. The van der Waals surface area contributed by atoms with Gasteiger partial charge in [0.05, 0.1) is 6.26 Å². The van der Waals surface area contributed by atoms with E-state index in [0.717, 1.165) is 36.4 Å². The van der Waals surface area contributed by atoms with E-state index in [2.05, 4.69) is 0 Å². The molecule has 1 saturated heterocycles. The molecule has 4 heteroatoms. The molecule has 114 valence electrons. The number of benzene rings is 1. The van der Waals surface area contributed by atoms with Crippen LogP contribution in [-0.4, -0.2) is 23.9 Å². The Hall–Kier alpha value is -2.00. The molecule has 3 rings (SSSR count). The maximum Gasteiger partial charge on any atom is 0.249 e. The number of halogens is 1. The van der Waals surface area contributed by atoms with Gasteiger partial charge in [-0.1, -0.05) is 23.7 Å². The van der Waals surface area contributed by atoms with Gasteiger partial charge in [-0.05, 0) is 49.2 Å². The number of carbonyl (C=O) groups is 1. The Morgan fingerprint density at radius 1 is 1.32 bits per heavy atom. The topological polar surface area (TPSA) is 33.5 Å². The van der Waals surface area contributed by atoms with Crippen LogP contribution >= 0.6 is 11.6 Å². The molecular weight excluding hydrogens is 298 g/mol. The fourth-order valence-corrected chi connectivity index (χ4v) is 2.95. The Balaban J connectivity index is 1.67. The molecule has 2 heterocycles. The first kappa shape index (κ1) is 14.9. The second-order valence-electron chi connectivity index (χ2n) is 5.63. The van der Waals surface area contributed by atoms with Crippen LogP contribution in [0.4, 0.5) is 0 Å². The number of furan rings is 1. The second-order valence-corrected chi connectivity index (χ2v) is 6.07. The van der Waals surface area contributed by atoms with Gasteiger partial charge >= 0.3 is 0 Å². The summed E-state index contributed by atoms with van der Waals surface area (Å²) in [6.45, 7) is 3.35. The first-order chi connectivity index (χ1) is 10.6. The van der Waals surface area contributed by atoms with Crippen LogP contribution in [0.1, 0.15) is 30.6 Å². The van der Waals surface area contributed by atoms with E-state index in [1.54, 1.807) is 6.26 Å². The van der Waals surface area contributed by atoms with Gasteiger partial charge in [0.2, 0.25) is 5.91 Å². The van der Waals surface area contributed by atoms with Crippen molar-refractivity contribution in [1.29, 1.82) is 0 Å². The predicted molar refractivity (Wildman–Crippen MR) is 87.7 cm³/mol. The maximum absolute atomic E-state index is 12.5. The van der Waals surface area contributed by atoms with Crippen molar-refractivity contribution >= 4 is 23.6 Å². The van der Waals surface area contributed by atoms with Crippen molar-refractivity contribution in [3.8, 4) is 0 Å². The number of carbonyl (C=O) groups excluding carboxylic acids is 1. The highest BCUT2D eigenvalue weighted by Gasteiger charge is 2.29. The monoisotopic (exact) mass is 315 g/mol. The Morgan fingerprint density at radius 3 is 2.77 bits per heavy atom. The summed E-state index contributed by atoms with van der Waals surface area (Å²) < 4.78 is 5.45.